The van der Waals surface area contributed by atoms with Gasteiger partial charge in [-0.05, 0) is 12.8 Å². The number of rotatable bonds is 3. The van der Waals surface area contributed by atoms with Crippen LogP contribution < -0.4 is 5.32 Å². The monoisotopic (exact) mass is 238 g/mol. The molecular weight excluding hydrogens is 220 g/mol. The Bertz CT molecular complexity index is 398. The summed E-state index contributed by atoms with van der Waals surface area (Å²) in [6.07, 6.45) is 2.34. The van der Waals surface area contributed by atoms with E-state index >= 15 is 0 Å². The molecule has 0 fully saturated rings. The Morgan fingerprint density at radius 3 is 3.06 bits per heavy atom. The number of nitrogens with zero attached hydrogens (tertiary/aromatic N) is 1. The first kappa shape index (κ1) is 12.1. The van der Waals surface area contributed by atoms with E-state index in [1.54, 1.807) is 0 Å². The summed E-state index contributed by atoms with van der Waals surface area (Å²) in [7, 11) is 0. The molecule has 1 unspecified atom stereocenters. The number of hydrogen-bond acceptors (Lipinski definition) is 4. The van der Waals surface area contributed by atoms with Crippen LogP contribution in [0.25, 0.3) is 0 Å². The highest BCUT2D eigenvalue weighted by atomic mass is 16.5. The predicted octanol–water partition coefficient (Wildman–Crippen LogP) is 0.796. The molecule has 17 heavy (non-hydrogen) atoms. The molecule has 5 nitrogen and oxygen atoms in total. The van der Waals surface area contributed by atoms with Gasteiger partial charge in [-0.1, -0.05) is 19.0 Å². The molecule has 0 aromatic carbocycles. The number of carbonyl (C=O) groups excluding carboxylic acids is 1. The van der Waals surface area contributed by atoms with E-state index < -0.39 is 0 Å². The van der Waals surface area contributed by atoms with E-state index in [-0.39, 0.29) is 24.5 Å². The number of aryl methyl sites for hydroxylation is 1. The maximum absolute atomic E-state index is 11.6. The van der Waals surface area contributed by atoms with Gasteiger partial charge in [-0.25, -0.2) is 0 Å². The number of nitrogens with one attached hydrogen (secondary N) is 1. The first-order valence-corrected chi connectivity index (χ1v) is 5.99. The summed E-state index contributed by atoms with van der Waals surface area (Å²) in [5.41, 5.74) is 1.57. The second-order valence-electron chi connectivity index (χ2n) is 4.79. The Hall–Kier alpha value is -1.36. The van der Waals surface area contributed by atoms with Crippen molar-refractivity contribution in [3.05, 3.63) is 17.0 Å². The fourth-order valence-corrected chi connectivity index (χ4v) is 2.08. The summed E-state index contributed by atoms with van der Waals surface area (Å²) < 4.78 is 5.16. The average molecular weight is 238 g/mol. The predicted molar refractivity (Wildman–Crippen MR) is 61.2 cm³/mol. The smallest absolute Gasteiger partial charge is 0.222 e. The summed E-state index contributed by atoms with van der Waals surface area (Å²) >= 11 is 0. The van der Waals surface area contributed by atoms with Crippen LogP contribution in [0.2, 0.25) is 0 Å². The second kappa shape index (κ2) is 4.87. The van der Waals surface area contributed by atoms with Crippen LogP contribution in [0, 0.1) is 5.92 Å². The van der Waals surface area contributed by atoms with Gasteiger partial charge in [0.05, 0.1) is 6.61 Å². The molecule has 5 heteroatoms. The first-order chi connectivity index (χ1) is 8.11. The Morgan fingerprint density at radius 2 is 2.41 bits per heavy atom. The molecule has 94 valence electrons. The van der Waals surface area contributed by atoms with Crippen LogP contribution in [-0.2, 0) is 24.2 Å². The van der Waals surface area contributed by atoms with Gasteiger partial charge in [0.2, 0.25) is 5.91 Å². The molecular formula is C12H18N2O3. The van der Waals surface area contributed by atoms with Crippen molar-refractivity contribution in [3.63, 3.8) is 0 Å². The van der Waals surface area contributed by atoms with Crippen LogP contribution >= 0.6 is 0 Å². The highest BCUT2D eigenvalue weighted by molar-refractivity contribution is 5.78. The van der Waals surface area contributed by atoms with Gasteiger partial charge < -0.3 is 14.9 Å². The highest BCUT2D eigenvalue weighted by Gasteiger charge is 2.26. The normalized spacial score (nSPS) is 19.2. The van der Waals surface area contributed by atoms with E-state index in [1.807, 2.05) is 13.8 Å². The minimum Gasteiger partial charge on any atom is -0.390 e. The van der Waals surface area contributed by atoms with Crippen LogP contribution in [-0.4, -0.2) is 22.2 Å². The van der Waals surface area contributed by atoms with Gasteiger partial charge in [-0.3, -0.25) is 4.79 Å². The number of hydrogen-bond donors (Lipinski definition) is 2. The Morgan fingerprint density at radius 1 is 1.65 bits per heavy atom. The molecule has 1 aliphatic rings. The number of carbonyl (C=O) groups is 1. The molecule has 0 saturated heterocycles. The van der Waals surface area contributed by atoms with Gasteiger partial charge in [-0.15, -0.1) is 0 Å². The molecule has 1 aromatic rings. The zero-order valence-electron chi connectivity index (χ0n) is 10.2. The molecule has 0 spiro atoms. The number of aliphatic hydroxyl groups excluding tert-OH is 1. The number of aliphatic hydroxyl groups is 1. The van der Waals surface area contributed by atoms with Crippen LogP contribution in [0.15, 0.2) is 4.52 Å². The van der Waals surface area contributed by atoms with Gasteiger partial charge in [0.15, 0.2) is 0 Å². The number of fused-ring (bicyclic) bond motifs is 1. The van der Waals surface area contributed by atoms with Crippen molar-refractivity contribution in [1.82, 2.24) is 10.5 Å². The van der Waals surface area contributed by atoms with E-state index in [1.165, 1.54) is 0 Å². The maximum atomic E-state index is 11.6. The molecule has 2 N–H and O–H groups in total. The molecule has 1 atom stereocenters. The van der Waals surface area contributed by atoms with Crippen molar-refractivity contribution < 1.29 is 14.4 Å². The van der Waals surface area contributed by atoms with Crippen molar-refractivity contribution in [2.45, 2.75) is 45.8 Å². The fourth-order valence-electron chi connectivity index (χ4n) is 2.08. The van der Waals surface area contributed by atoms with E-state index in [9.17, 15) is 4.79 Å². The SMILES string of the molecule is CC(C)C(=O)NC1CCc2onc(CO)c2C1. The lowest BCUT2D eigenvalue weighted by atomic mass is 9.92. The maximum Gasteiger partial charge on any atom is 0.222 e. The van der Waals surface area contributed by atoms with Crippen LogP contribution in [0.1, 0.15) is 37.3 Å². The lowest BCUT2D eigenvalue weighted by Crippen LogP contribution is -2.40. The van der Waals surface area contributed by atoms with Gasteiger partial charge in [0.1, 0.15) is 11.5 Å². The summed E-state index contributed by atoms with van der Waals surface area (Å²) in [5, 5.41) is 16.0. The van der Waals surface area contributed by atoms with Crippen LogP contribution in [0.5, 0.6) is 0 Å². The Kier molecular flexibility index (Phi) is 3.47. The van der Waals surface area contributed by atoms with Crippen molar-refractivity contribution in [3.8, 4) is 0 Å². The molecule has 1 aromatic heterocycles. The quantitative estimate of drug-likeness (QED) is 0.816. The van der Waals surface area contributed by atoms with E-state index in [4.69, 9.17) is 9.63 Å². The molecule has 1 heterocycles. The minimum absolute atomic E-state index is 0.00353. The number of amides is 1. The van der Waals surface area contributed by atoms with Crippen molar-refractivity contribution >= 4 is 5.91 Å². The summed E-state index contributed by atoms with van der Waals surface area (Å²) in [6.45, 7) is 3.65. The summed E-state index contributed by atoms with van der Waals surface area (Å²) in [4.78, 5) is 11.6. The zero-order chi connectivity index (χ0) is 12.4. The van der Waals surface area contributed by atoms with E-state index in [0.29, 0.717) is 12.1 Å². The molecule has 0 saturated carbocycles. The van der Waals surface area contributed by atoms with Gasteiger partial charge in [0.25, 0.3) is 0 Å². The van der Waals surface area contributed by atoms with Crippen molar-refractivity contribution in [2.24, 2.45) is 5.92 Å². The van der Waals surface area contributed by atoms with Crippen LogP contribution in [0.4, 0.5) is 0 Å². The highest BCUT2D eigenvalue weighted by Crippen LogP contribution is 2.24. The van der Waals surface area contributed by atoms with Crippen LogP contribution in [0.3, 0.4) is 0 Å². The Balaban J connectivity index is 2.05. The molecule has 0 bridgehead atoms. The Labute approximate surface area is 100 Å². The molecule has 0 aliphatic heterocycles. The lowest BCUT2D eigenvalue weighted by Gasteiger charge is -2.23. The average Bonchev–Trinajstić information content (AvgIpc) is 2.71. The molecule has 0 radical (unpaired) electrons. The first-order valence-electron chi connectivity index (χ1n) is 5.99. The molecule has 1 aliphatic carbocycles. The third-order valence-electron chi connectivity index (χ3n) is 3.14. The van der Waals surface area contributed by atoms with Crippen molar-refractivity contribution in [1.29, 1.82) is 0 Å². The van der Waals surface area contributed by atoms with Gasteiger partial charge in [-0.2, -0.15) is 0 Å². The standard InChI is InChI=1S/C12H18N2O3/c1-7(2)12(16)13-8-3-4-11-9(5-8)10(6-15)14-17-11/h7-8,15H,3-6H2,1-2H3,(H,13,16). The van der Waals surface area contributed by atoms with Gasteiger partial charge in [0, 0.05) is 23.9 Å². The van der Waals surface area contributed by atoms with Crippen molar-refractivity contribution in [2.75, 3.05) is 0 Å². The third-order valence-corrected chi connectivity index (χ3v) is 3.14. The summed E-state index contributed by atoms with van der Waals surface area (Å²) in [5.74, 6) is 0.917. The molecule has 2 rings (SSSR count). The fraction of sp³-hybridized carbons (Fsp3) is 0.667. The third kappa shape index (κ3) is 2.49. The second-order valence-corrected chi connectivity index (χ2v) is 4.79. The largest absolute Gasteiger partial charge is 0.390 e. The lowest BCUT2D eigenvalue weighted by molar-refractivity contribution is -0.124. The number of aromatic nitrogens is 1. The van der Waals surface area contributed by atoms with E-state index in [2.05, 4.69) is 10.5 Å². The topological polar surface area (TPSA) is 75.4 Å². The molecule has 1 amide bonds. The minimum atomic E-state index is -0.107. The zero-order valence-corrected chi connectivity index (χ0v) is 10.2. The summed E-state index contributed by atoms with van der Waals surface area (Å²) in [6, 6.07) is 0.127. The van der Waals surface area contributed by atoms with E-state index in [0.717, 1.165) is 24.2 Å². The van der Waals surface area contributed by atoms with Gasteiger partial charge >= 0.3 is 0 Å².